The molecule has 0 radical (unpaired) electrons. The molecule has 0 amide bonds. The number of thiophene rings is 1. The third kappa shape index (κ3) is 3.32. The van der Waals surface area contributed by atoms with Crippen LogP contribution in [0, 0.1) is 6.92 Å². The van der Waals surface area contributed by atoms with Gasteiger partial charge in [-0.05, 0) is 25.8 Å². The topological polar surface area (TPSA) is 63.4 Å². The van der Waals surface area contributed by atoms with Crippen LogP contribution in [0.5, 0.6) is 0 Å². The van der Waals surface area contributed by atoms with Gasteiger partial charge < -0.3 is 5.73 Å². The molecule has 0 saturated heterocycles. The van der Waals surface area contributed by atoms with Crippen LogP contribution in [-0.4, -0.2) is 25.8 Å². The summed E-state index contributed by atoms with van der Waals surface area (Å²) in [5, 5.41) is 0. The third-order valence-electron chi connectivity index (χ3n) is 2.69. The predicted octanol–water partition coefficient (Wildman–Crippen LogP) is 2.33. The van der Waals surface area contributed by atoms with Gasteiger partial charge in [0, 0.05) is 29.4 Å². The largest absolute Gasteiger partial charge is 0.326 e. The number of hydrogen-bond acceptors (Lipinski definition) is 4. The highest BCUT2D eigenvalue weighted by atomic mass is 32.2. The molecule has 0 spiro atoms. The summed E-state index contributed by atoms with van der Waals surface area (Å²) in [4.78, 5) is 2.17. The van der Waals surface area contributed by atoms with E-state index in [1.807, 2.05) is 20.8 Å². The van der Waals surface area contributed by atoms with Gasteiger partial charge in [-0.15, -0.1) is 11.3 Å². The van der Waals surface area contributed by atoms with Gasteiger partial charge in [-0.2, -0.15) is 4.31 Å². The summed E-state index contributed by atoms with van der Waals surface area (Å²) in [5.74, 6) is 0. The van der Waals surface area contributed by atoms with Crippen molar-refractivity contribution in [1.29, 1.82) is 0 Å². The molecule has 0 saturated carbocycles. The lowest BCUT2D eigenvalue weighted by molar-refractivity contribution is 0.410. The first-order valence-corrected chi connectivity index (χ1v) is 8.52. The zero-order valence-corrected chi connectivity index (χ0v) is 12.9. The maximum atomic E-state index is 12.6. The molecule has 0 aliphatic carbocycles. The van der Waals surface area contributed by atoms with Gasteiger partial charge in [-0.3, -0.25) is 0 Å². The van der Waals surface area contributed by atoms with Crippen LogP contribution < -0.4 is 5.73 Å². The molecule has 0 aliphatic rings. The summed E-state index contributed by atoms with van der Waals surface area (Å²) in [5.41, 5.74) is 5.57. The lowest BCUT2D eigenvalue weighted by Gasteiger charge is -2.20. The SMILES string of the molecule is CCCN(CCC)S(=O)(=O)c1cc(CN)sc1C. The second-order valence-corrected chi connectivity index (χ2v) is 7.49. The first-order chi connectivity index (χ1) is 8.47. The average molecular weight is 290 g/mol. The van der Waals surface area contributed by atoms with E-state index in [4.69, 9.17) is 5.73 Å². The summed E-state index contributed by atoms with van der Waals surface area (Å²) in [6.07, 6.45) is 1.65. The second kappa shape index (κ2) is 6.65. The van der Waals surface area contributed by atoms with Gasteiger partial charge in [0.2, 0.25) is 10.0 Å². The molecular weight excluding hydrogens is 268 g/mol. The van der Waals surface area contributed by atoms with Crippen LogP contribution in [0.2, 0.25) is 0 Å². The fraction of sp³-hybridized carbons (Fsp3) is 0.667. The second-order valence-electron chi connectivity index (χ2n) is 4.24. The zero-order valence-electron chi connectivity index (χ0n) is 11.3. The van der Waals surface area contributed by atoms with Crippen LogP contribution in [0.1, 0.15) is 36.4 Å². The third-order valence-corrected chi connectivity index (χ3v) is 5.92. The van der Waals surface area contributed by atoms with E-state index in [2.05, 4.69) is 0 Å². The van der Waals surface area contributed by atoms with E-state index in [1.54, 1.807) is 10.4 Å². The normalized spacial score (nSPS) is 12.3. The molecule has 0 aromatic carbocycles. The summed E-state index contributed by atoms with van der Waals surface area (Å²) in [7, 11) is -3.36. The highest BCUT2D eigenvalue weighted by Crippen LogP contribution is 2.28. The quantitative estimate of drug-likeness (QED) is 0.838. The summed E-state index contributed by atoms with van der Waals surface area (Å²) < 4.78 is 26.7. The van der Waals surface area contributed by atoms with Crippen LogP contribution in [-0.2, 0) is 16.6 Å². The summed E-state index contributed by atoms with van der Waals surface area (Å²) in [6, 6.07) is 1.72. The van der Waals surface area contributed by atoms with E-state index in [0.717, 1.165) is 22.6 Å². The van der Waals surface area contributed by atoms with E-state index < -0.39 is 10.0 Å². The van der Waals surface area contributed by atoms with E-state index >= 15 is 0 Å². The molecule has 0 aliphatic heterocycles. The monoisotopic (exact) mass is 290 g/mol. The Kier molecular flexibility index (Phi) is 5.78. The molecule has 0 bridgehead atoms. The van der Waals surface area contributed by atoms with E-state index in [1.165, 1.54) is 11.3 Å². The van der Waals surface area contributed by atoms with Crippen LogP contribution in [0.15, 0.2) is 11.0 Å². The van der Waals surface area contributed by atoms with E-state index in [-0.39, 0.29) is 0 Å². The maximum absolute atomic E-state index is 12.6. The van der Waals surface area contributed by atoms with Crippen molar-refractivity contribution < 1.29 is 8.42 Å². The van der Waals surface area contributed by atoms with Crippen molar-refractivity contribution in [2.24, 2.45) is 5.73 Å². The van der Waals surface area contributed by atoms with Crippen LogP contribution >= 0.6 is 11.3 Å². The van der Waals surface area contributed by atoms with Gasteiger partial charge in [0.15, 0.2) is 0 Å². The van der Waals surface area contributed by atoms with Gasteiger partial charge in [-0.1, -0.05) is 13.8 Å². The number of aryl methyl sites for hydroxylation is 1. The maximum Gasteiger partial charge on any atom is 0.244 e. The van der Waals surface area contributed by atoms with Gasteiger partial charge in [0.25, 0.3) is 0 Å². The number of nitrogens with zero attached hydrogens (tertiary/aromatic N) is 1. The van der Waals surface area contributed by atoms with Crippen molar-refractivity contribution in [1.82, 2.24) is 4.31 Å². The molecule has 0 fully saturated rings. The number of nitrogens with two attached hydrogens (primary N) is 1. The Hall–Kier alpha value is -0.430. The fourth-order valence-electron chi connectivity index (χ4n) is 1.87. The Morgan fingerprint density at radius 3 is 2.22 bits per heavy atom. The Labute approximate surface area is 114 Å². The number of rotatable bonds is 7. The van der Waals surface area contributed by atoms with Gasteiger partial charge >= 0.3 is 0 Å². The first-order valence-electron chi connectivity index (χ1n) is 6.26. The molecule has 1 heterocycles. The van der Waals surface area contributed by atoms with Crippen LogP contribution in [0.3, 0.4) is 0 Å². The van der Waals surface area contributed by atoms with Crippen molar-refractivity contribution >= 4 is 21.4 Å². The molecule has 0 unspecified atom stereocenters. The zero-order chi connectivity index (χ0) is 13.8. The smallest absolute Gasteiger partial charge is 0.244 e. The Morgan fingerprint density at radius 2 is 1.83 bits per heavy atom. The Balaban J connectivity index is 3.12. The minimum atomic E-state index is -3.36. The fourth-order valence-corrected chi connectivity index (χ4v) is 4.98. The molecular formula is C12H22N2O2S2. The standard InChI is InChI=1S/C12H22N2O2S2/c1-4-6-14(7-5-2)18(15,16)12-8-11(9-13)17-10(12)3/h8H,4-7,9,13H2,1-3H3. The summed E-state index contributed by atoms with van der Waals surface area (Å²) in [6.45, 7) is 7.36. The van der Waals surface area contributed by atoms with Crippen molar-refractivity contribution in [3.8, 4) is 0 Å². The molecule has 104 valence electrons. The van der Waals surface area contributed by atoms with E-state index in [0.29, 0.717) is 24.5 Å². The molecule has 4 nitrogen and oxygen atoms in total. The Morgan fingerprint density at radius 1 is 1.28 bits per heavy atom. The number of sulfonamides is 1. The summed E-state index contributed by atoms with van der Waals surface area (Å²) >= 11 is 1.46. The average Bonchev–Trinajstić information content (AvgIpc) is 2.71. The van der Waals surface area contributed by atoms with Crippen LogP contribution in [0.25, 0.3) is 0 Å². The Bertz CT molecular complexity index is 474. The predicted molar refractivity (Wildman–Crippen MR) is 76.3 cm³/mol. The van der Waals surface area contributed by atoms with Gasteiger partial charge in [0.1, 0.15) is 0 Å². The molecule has 1 aromatic heterocycles. The molecule has 1 rings (SSSR count). The highest BCUT2D eigenvalue weighted by molar-refractivity contribution is 7.89. The minimum absolute atomic E-state index is 0.391. The first kappa shape index (κ1) is 15.6. The molecule has 0 atom stereocenters. The molecule has 6 heteroatoms. The van der Waals surface area contributed by atoms with Crippen molar-refractivity contribution in [2.45, 2.75) is 45.1 Å². The highest BCUT2D eigenvalue weighted by Gasteiger charge is 2.26. The lowest BCUT2D eigenvalue weighted by Crippen LogP contribution is -2.32. The minimum Gasteiger partial charge on any atom is -0.326 e. The lowest BCUT2D eigenvalue weighted by atomic mass is 10.4. The molecule has 1 aromatic rings. The van der Waals surface area contributed by atoms with Crippen LogP contribution in [0.4, 0.5) is 0 Å². The van der Waals surface area contributed by atoms with Crippen molar-refractivity contribution in [2.75, 3.05) is 13.1 Å². The molecule has 18 heavy (non-hydrogen) atoms. The van der Waals surface area contributed by atoms with Gasteiger partial charge in [0.05, 0.1) is 4.90 Å². The molecule has 2 N–H and O–H groups in total. The van der Waals surface area contributed by atoms with Gasteiger partial charge in [-0.25, -0.2) is 8.42 Å². The van der Waals surface area contributed by atoms with Crippen molar-refractivity contribution in [3.63, 3.8) is 0 Å². The number of hydrogen-bond donors (Lipinski definition) is 1. The van der Waals surface area contributed by atoms with E-state index in [9.17, 15) is 8.42 Å². The van der Waals surface area contributed by atoms with Crippen molar-refractivity contribution in [3.05, 3.63) is 15.8 Å².